The van der Waals surface area contributed by atoms with Crippen LogP contribution < -0.4 is 5.73 Å². The Morgan fingerprint density at radius 2 is 2.20 bits per heavy atom. The van der Waals surface area contributed by atoms with E-state index in [1.165, 1.54) is 5.69 Å². The van der Waals surface area contributed by atoms with E-state index >= 15 is 0 Å². The molecule has 0 saturated heterocycles. The van der Waals surface area contributed by atoms with Crippen molar-refractivity contribution in [3.63, 3.8) is 0 Å². The maximum Gasteiger partial charge on any atom is 0.0664 e. The number of pyridine rings is 1. The summed E-state index contributed by atoms with van der Waals surface area (Å²) in [6.07, 6.45) is 3.70. The maximum atomic E-state index is 5.92. The van der Waals surface area contributed by atoms with Crippen LogP contribution in [0.25, 0.3) is 5.52 Å². The highest BCUT2D eigenvalue weighted by atomic mass is 35.5. The average molecular weight is 226 g/mol. The standard InChI is InChI=1S/C11H15N3.ClH/c1-2-9(12)8-11-5-3-4-10-6-7-13-14(10)11;/h3-7,9H,2,8,12H2,1H3;1H. The van der Waals surface area contributed by atoms with Crippen LogP contribution in [0.1, 0.15) is 19.0 Å². The summed E-state index contributed by atoms with van der Waals surface area (Å²) in [6.45, 7) is 2.11. The van der Waals surface area contributed by atoms with Crippen molar-refractivity contribution in [1.82, 2.24) is 9.61 Å². The van der Waals surface area contributed by atoms with Gasteiger partial charge in [-0.2, -0.15) is 5.10 Å². The summed E-state index contributed by atoms with van der Waals surface area (Å²) in [4.78, 5) is 0. The maximum absolute atomic E-state index is 5.92. The Labute approximate surface area is 95.7 Å². The second-order valence-electron chi connectivity index (χ2n) is 3.56. The molecule has 0 saturated carbocycles. The molecular weight excluding hydrogens is 210 g/mol. The highest BCUT2D eigenvalue weighted by molar-refractivity contribution is 5.85. The minimum atomic E-state index is 0. The molecule has 0 aliphatic rings. The van der Waals surface area contributed by atoms with Gasteiger partial charge in [-0.05, 0) is 24.6 Å². The van der Waals surface area contributed by atoms with E-state index in [0.717, 1.165) is 18.4 Å². The molecule has 0 fully saturated rings. The minimum Gasteiger partial charge on any atom is -0.327 e. The van der Waals surface area contributed by atoms with Crippen LogP contribution in [0.4, 0.5) is 0 Å². The zero-order valence-corrected chi connectivity index (χ0v) is 9.57. The van der Waals surface area contributed by atoms with Crippen LogP contribution in [-0.4, -0.2) is 15.7 Å². The topological polar surface area (TPSA) is 43.3 Å². The van der Waals surface area contributed by atoms with Gasteiger partial charge in [0.15, 0.2) is 0 Å². The van der Waals surface area contributed by atoms with Crippen LogP contribution in [-0.2, 0) is 6.42 Å². The Bertz CT molecular complexity index is 424. The number of nitrogens with two attached hydrogens (primary N) is 1. The second kappa shape index (κ2) is 5.14. The molecule has 0 aliphatic heterocycles. The lowest BCUT2D eigenvalue weighted by atomic mass is 10.1. The Hall–Kier alpha value is -1.06. The van der Waals surface area contributed by atoms with Crippen molar-refractivity contribution < 1.29 is 0 Å². The predicted molar refractivity (Wildman–Crippen MR) is 64.4 cm³/mol. The number of aromatic nitrogens is 2. The van der Waals surface area contributed by atoms with Gasteiger partial charge >= 0.3 is 0 Å². The first-order chi connectivity index (χ1) is 6.81. The number of nitrogens with zero attached hydrogens (tertiary/aromatic N) is 2. The average Bonchev–Trinajstić information content (AvgIpc) is 2.66. The normalized spacial score (nSPS) is 12.4. The SMILES string of the molecule is CCC(N)Cc1cccc2ccnn12.Cl. The fourth-order valence-corrected chi connectivity index (χ4v) is 1.58. The van der Waals surface area contributed by atoms with Crippen LogP contribution >= 0.6 is 12.4 Å². The zero-order valence-electron chi connectivity index (χ0n) is 8.76. The van der Waals surface area contributed by atoms with Crippen molar-refractivity contribution in [2.75, 3.05) is 0 Å². The fourth-order valence-electron chi connectivity index (χ4n) is 1.58. The Kier molecular flexibility index (Phi) is 4.12. The minimum absolute atomic E-state index is 0. The van der Waals surface area contributed by atoms with E-state index in [0.29, 0.717) is 0 Å². The molecular formula is C11H16ClN3. The van der Waals surface area contributed by atoms with E-state index in [9.17, 15) is 0 Å². The van der Waals surface area contributed by atoms with Crippen molar-refractivity contribution >= 4 is 17.9 Å². The van der Waals surface area contributed by atoms with Crippen molar-refractivity contribution in [2.24, 2.45) is 5.73 Å². The molecule has 0 aliphatic carbocycles. The van der Waals surface area contributed by atoms with E-state index in [4.69, 9.17) is 5.73 Å². The molecule has 1 unspecified atom stereocenters. The van der Waals surface area contributed by atoms with Gasteiger partial charge in [-0.1, -0.05) is 13.0 Å². The number of halogens is 1. The van der Waals surface area contributed by atoms with E-state index in [1.807, 2.05) is 22.8 Å². The van der Waals surface area contributed by atoms with Crippen molar-refractivity contribution in [3.8, 4) is 0 Å². The highest BCUT2D eigenvalue weighted by Gasteiger charge is 2.05. The quantitative estimate of drug-likeness (QED) is 0.869. The molecule has 3 nitrogen and oxygen atoms in total. The van der Waals surface area contributed by atoms with Gasteiger partial charge in [0.05, 0.1) is 5.52 Å². The van der Waals surface area contributed by atoms with Gasteiger partial charge < -0.3 is 5.73 Å². The lowest BCUT2D eigenvalue weighted by molar-refractivity contribution is 0.624. The Balaban J connectivity index is 0.00000112. The highest BCUT2D eigenvalue weighted by Crippen LogP contribution is 2.08. The molecule has 2 heterocycles. The summed E-state index contributed by atoms with van der Waals surface area (Å²) >= 11 is 0. The third-order valence-corrected chi connectivity index (χ3v) is 2.50. The first kappa shape index (κ1) is 12.0. The van der Waals surface area contributed by atoms with Gasteiger partial charge in [0.25, 0.3) is 0 Å². The van der Waals surface area contributed by atoms with Gasteiger partial charge in [-0.3, -0.25) is 0 Å². The van der Waals surface area contributed by atoms with Gasteiger partial charge in [0.2, 0.25) is 0 Å². The van der Waals surface area contributed by atoms with E-state index in [1.54, 1.807) is 0 Å². The third-order valence-electron chi connectivity index (χ3n) is 2.50. The molecule has 0 bridgehead atoms. The second-order valence-corrected chi connectivity index (χ2v) is 3.56. The van der Waals surface area contributed by atoms with Gasteiger partial charge in [-0.15, -0.1) is 12.4 Å². The van der Waals surface area contributed by atoms with E-state index in [-0.39, 0.29) is 18.4 Å². The van der Waals surface area contributed by atoms with Crippen LogP contribution in [0.15, 0.2) is 30.5 Å². The smallest absolute Gasteiger partial charge is 0.0664 e. The van der Waals surface area contributed by atoms with Crippen LogP contribution in [0.5, 0.6) is 0 Å². The lowest BCUT2D eigenvalue weighted by Crippen LogP contribution is -2.22. The first-order valence-corrected chi connectivity index (χ1v) is 4.98. The molecule has 0 amide bonds. The molecule has 15 heavy (non-hydrogen) atoms. The summed E-state index contributed by atoms with van der Waals surface area (Å²) in [7, 11) is 0. The van der Waals surface area contributed by atoms with Gasteiger partial charge in [0, 0.05) is 24.4 Å². The third kappa shape index (κ3) is 2.49. The summed E-state index contributed by atoms with van der Waals surface area (Å²) < 4.78 is 1.95. The molecule has 0 radical (unpaired) electrons. The number of hydrogen-bond acceptors (Lipinski definition) is 2. The van der Waals surface area contributed by atoms with Gasteiger partial charge in [-0.25, -0.2) is 4.52 Å². The number of hydrogen-bond donors (Lipinski definition) is 1. The molecule has 82 valence electrons. The molecule has 2 rings (SSSR count). The summed E-state index contributed by atoms with van der Waals surface area (Å²) in [5.74, 6) is 0. The molecule has 1 atom stereocenters. The Morgan fingerprint density at radius 1 is 1.40 bits per heavy atom. The van der Waals surface area contributed by atoms with Crippen molar-refractivity contribution in [3.05, 3.63) is 36.2 Å². The fraction of sp³-hybridized carbons (Fsp3) is 0.364. The summed E-state index contributed by atoms with van der Waals surface area (Å²) in [6, 6.07) is 8.41. The monoisotopic (exact) mass is 225 g/mol. The zero-order chi connectivity index (χ0) is 9.97. The molecule has 0 spiro atoms. The molecule has 2 aromatic rings. The molecule has 2 N–H and O–H groups in total. The number of rotatable bonds is 3. The Morgan fingerprint density at radius 3 is 2.93 bits per heavy atom. The molecule has 2 aromatic heterocycles. The number of fused-ring (bicyclic) bond motifs is 1. The van der Waals surface area contributed by atoms with Crippen LogP contribution in [0.2, 0.25) is 0 Å². The van der Waals surface area contributed by atoms with Gasteiger partial charge in [0.1, 0.15) is 0 Å². The largest absolute Gasteiger partial charge is 0.327 e. The van der Waals surface area contributed by atoms with E-state index < -0.39 is 0 Å². The molecule has 0 aromatic carbocycles. The van der Waals surface area contributed by atoms with Crippen molar-refractivity contribution in [2.45, 2.75) is 25.8 Å². The lowest BCUT2D eigenvalue weighted by Gasteiger charge is -2.09. The van der Waals surface area contributed by atoms with Crippen LogP contribution in [0, 0.1) is 0 Å². The van der Waals surface area contributed by atoms with Crippen LogP contribution in [0.3, 0.4) is 0 Å². The van der Waals surface area contributed by atoms with Crippen molar-refractivity contribution in [1.29, 1.82) is 0 Å². The first-order valence-electron chi connectivity index (χ1n) is 4.98. The predicted octanol–water partition coefficient (Wildman–Crippen LogP) is 2.04. The summed E-state index contributed by atoms with van der Waals surface area (Å²) in [5.41, 5.74) is 8.24. The summed E-state index contributed by atoms with van der Waals surface area (Å²) in [5, 5.41) is 4.27. The molecule has 4 heteroatoms. The van der Waals surface area contributed by atoms with E-state index in [2.05, 4.69) is 24.2 Å².